The molecule has 1 N–H and O–H groups in total. The van der Waals surface area contributed by atoms with Crippen LogP contribution in [0.4, 0.5) is 0 Å². The van der Waals surface area contributed by atoms with Crippen molar-refractivity contribution in [2.75, 3.05) is 13.2 Å². The Balaban J connectivity index is 1.77. The Kier molecular flexibility index (Phi) is 5.08. The van der Waals surface area contributed by atoms with Crippen LogP contribution in [-0.2, 0) is 4.74 Å². The first-order valence-corrected chi connectivity index (χ1v) is 7.99. The fourth-order valence-electron chi connectivity index (χ4n) is 3.75. The van der Waals surface area contributed by atoms with Crippen molar-refractivity contribution in [3.05, 3.63) is 0 Å². The van der Waals surface area contributed by atoms with E-state index in [1.807, 2.05) is 0 Å². The van der Waals surface area contributed by atoms with Gasteiger partial charge in [-0.05, 0) is 50.5 Å². The molecular weight excluding hydrogens is 222 g/mol. The second-order valence-electron chi connectivity index (χ2n) is 6.87. The summed E-state index contributed by atoms with van der Waals surface area (Å²) in [6.07, 6.45) is 9.34. The summed E-state index contributed by atoms with van der Waals surface area (Å²) in [5, 5.41) is 3.55. The monoisotopic (exact) mass is 253 g/mol. The van der Waals surface area contributed by atoms with Gasteiger partial charge in [-0.3, -0.25) is 0 Å². The molecule has 0 aromatic rings. The molecular formula is C16H31NO. The summed E-state index contributed by atoms with van der Waals surface area (Å²) in [7, 11) is 0. The third-order valence-electron chi connectivity index (χ3n) is 5.00. The normalized spacial score (nSPS) is 29.0. The van der Waals surface area contributed by atoms with E-state index in [1.54, 1.807) is 0 Å². The maximum atomic E-state index is 6.13. The molecule has 2 unspecified atom stereocenters. The van der Waals surface area contributed by atoms with Crippen molar-refractivity contribution in [2.45, 2.75) is 77.4 Å². The van der Waals surface area contributed by atoms with Gasteiger partial charge in [0.15, 0.2) is 0 Å². The standard InChI is InChI=1S/C16H31NO/c1-13(2)17-10-6-14(3)15-7-11-18-16(12-15)8-4-5-9-16/h13-15,17H,4-12H2,1-3H3. The van der Waals surface area contributed by atoms with Gasteiger partial charge >= 0.3 is 0 Å². The molecule has 0 bridgehead atoms. The van der Waals surface area contributed by atoms with E-state index in [0.717, 1.165) is 18.4 Å². The number of hydrogen-bond donors (Lipinski definition) is 1. The molecule has 0 aromatic heterocycles. The zero-order valence-corrected chi connectivity index (χ0v) is 12.5. The topological polar surface area (TPSA) is 21.3 Å². The van der Waals surface area contributed by atoms with E-state index in [2.05, 4.69) is 26.1 Å². The van der Waals surface area contributed by atoms with E-state index < -0.39 is 0 Å². The summed E-state index contributed by atoms with van der Waals surface area (Å²) in [6.45, 7) is 9.08. The van der Waals surface area contributed by atoms with E-state index in [1.165, 1.54) is 51.5 Å². The molecule has 1 saturated heterocycles. The summed E-state index contributed by atoms with van der Waals surface area (Å²) < 4.78 is 6.13. The van der Waals surface area contributed by atoms with E-state index in [0.29, 0.717) is 11.6 Å². The molecule has 1 spiro atoms. The summed E-state index contributed by atoms with van der Waals surface area (Å²) in [5.74, 6) is 1.74. The lowest BCUT2D eigenvalue weighted by Crippen LogP contribution is -2.39. The Morgan fingerprint density at radius 2 is 1.94 bits per heavy atom. The highest BCUT2D eigenvalue weighted by Crippen LogP contribution is 2.44. The van der Waals surface area contributed by atoms with Crippen molar-refractivity contribution >= 4 is 0 Å². The molecule has 2 nitrogen and oxygen atoms in total. The molecule has 106 valence electrons. The summed E-state index contributed by atoms with van der Waals surface area (Å²) in [5.41, 5.74) is 0.294. The molecule has 1 aliphatic heterocycles. The van der Waals surface area contributed by atoms with Crippen LogP contribution in [0.2, 0.25) is 0 Å². The van der Waals surface area contributed by atoms with Crippen molar-refractivity contribution < 1.29 is 4.74 Å². The minimum Gasteiger partial charge on any atom is -0.375 e. The van der Waals surface area contributed by atoms with Crippen LogP contribution in [-0.4, -0.2) is 24.8 Å². The molecule has 1 saturated carbocycles. The van der Waals surface area contributed by atoms with Gasteiger partial charge < -0.3 is 10.1 Å². The molecule has 1 aliphatic carbocycles. The molecule has 2 fully saturated rings. The number of nitrogens with one attached hydrogen (secondary N) is 1. The van der Waals surface area contributed by atoms with Gasteiger partial charge in [0.2, 0.25) is 0 Å². The van der Waals surface area contributed by atoms with E-state index in [4.69, 9.17) is 4.74 Å². The van der Waals surface area contributed by atoms with Gasteiger partial charge in [0.1, 0.15) is 0 Å². The third kappa shape index (κ3) is 3.71. The Labute approximate surface area is 113 Å². The zero-order chi connectivity index (χ0) is 13.0. The van der Waals surface area contributed by atoms with Crippen LogP contribution in [0, 0.1) is 11.8 Å². The molecule has 1 heterocycles. The quantitative estimate of drug-likeness (QED) is 0.805. The van der Waals surface area contributed by atoms with Crippen molar-refractivity contribution in [3.8, 4) is 0 Å². The predicted octanol–water partition coefficient (Wildman–Crippen LogP) is 3.75. The van der Waals surface area contributed by atoms with Crippen molar-refractivity contribution in [1.82, 2.24) is 5.32 Å². The lowest BCUT2D eigenvalue weighted by atomic mass is 9.77. The summed E-state index contributed by atoms with van der Waals surface area (Å²) in [6, 6.07) is 0.619. The van der Waals surface area contributed by atoms with Gasteiger partial charge in [0.05, 0.1) is 5.60 Å². The van der Waals surface area contributed by atoms with Crippen LogP contribution in [0.25, 0.3) is 0 Å². The largest absolute Gasteiger partial charge is 0.375 e. The minimum atomic E-state index is 0.294. The van der Waals surface area contributed by atoms with Crippen LogP contribution in [0.3, 0.4) is 0 Å². The van der Waals surface area contributed by atoms with Gasteiger partial charge in [-0.1, -0.05) is 33.6 Å². The average molecular weight is 253 g/mol. The molecule has 18 heavy (non-hydrogen) atoms. The number of rotatable bonds is 5. The van der Waals surface area contributed by atoms with Crippen molar-refractivity contribution in [3.63, 3.8) is 0 Å². The first kappa shape index (κ1) is 14.3. The van der Waals surface area contributed by atoms with E-state index in [-0.39, 0.29) is 0 Å². The molecule has 2 aliphatic rings. The van der Waals surface area contributed by atoms with Gasteiger partial charge in [0.25, 0.3) is 0 Å². The summed E-state index contributed by atoms with van der Waals surface area (Å²) >= 11 is 0. The lowest BCUT2D eigenvalue weighted by molar-refractivity contribution is -0.101. The van der Waals surface area contributed by atoms with Crippen LogP contribution in [0.5, 0.6) is 0 Å². The Hall–Kier alpha value is -0.0800. The smallest absolute Gasteiger partial charge is 0.0685 e. The third-order valence-corrected chi connectivity index (χ3v) is 5.00. The Bertz CT molecular complexity index is 245. The van der Waals surface area contributed by atoms with E-state index in [9.17, 15) is 0 Å². The van der Waals surface area contributed by atoms with Crippen LogP contribution in [0.1, 0.15) is 65.7 Å². The highest BCUT2D eigenvalue weighted by Gasteiger charge is 2.40. The first-order chi connectivity index (χ1) is 8.61. The minimum absolute atomic E-state index is 0.294. The fraction of sp³-hybridized carbons (Fsp3) is 1.00. The Morgan fingerprint density at radius 3 is 2.61 bits per heavy atom. The van der Waals surface area contributed by atoms with Gasteiger partial charge in [0, 0.05) is 12.6 Å². The highest BCUT2D eigenvalue weighted by molar-refractivity contribution is 4.92. The van der Waals surface area contributed by atoms with E-state index >= 15 is 0 Å². The highest BCUT2D eigenvalue weighted by atomic mass is 16.5. The second-order valence-corrected chi connectivity index (χ2v) is 6.87. The number of ether oxygens (including phenoxy) is 1. The second kappa shape index (κ2) is 6.38. The van der Waals surface area contributed by atoms with Crippen molar-refractivity contribution in [1.29, 1.82) is 0 Å². The van der Waals surface area contributed by atoms with Crippen LogP contribution >= 0.6 is 0 Å². The molecule has 0 radical (unpaired) electrons. The van der Waals surface area contributed by atoms with Crippen LogP contribution in [0.15, 0.2) is 0 Å². The van der Waals surface area contributed by atoms with Crippen LogP contribution < -0.4 is 5.32 Å². The molecule has 0 amide bonds. The predicted molar refractivity (Wildman–Crippen MR) is 76.8 cm³/mol. The Morgan fingerprint density at radius 1 is 1.22 bits per heavy atom. The lowest BCUT2D eigenvalue weighted by Gasteiger charge is -2.40. The molecule has 0 aromatic carbocycles. The first-order valence-electron chi connectivity index (χ1n) is 7.99. The maximum absolute atomic E-state index is 6.13. The molecule has 2 rings (SSSR count). The SMILES string of the molecule is CC(C)NCCC(C)C1CCOC2(CCCC2)C1. The maximum Gasteiger partial charge on any atom is 0.0685 e. The van der Waals surface area contributed by atoms with Gasteiger partial charge in [-0.25, -0.2) is 0 Å². The average Bonchev–Trinajstić information content (AvgIpc) is 2.76. The molecule has 2 heteroatoms. The summed E-state index contributed by atoms with van der Waals surface area (Å²) in [4.78, 5) is 0. The van der Waals surface area contributed by atoms with Gasteiger partial charge in [-0.2, -0.15) is 0 Å². The van der Waals surface area contributed by atoms with Gasteiger partial charge in [-0.15, -0.1) is 0 Å². The zero-order valence-electron chi connectivity index (χ0n) is 12.5. The number of hydrogen-bond acceptors (Lipinski definition) is 2. The van der Waals surface area contributed by atoms with Crippen molar-refractivity contribution in [2.24, 2.45) is 11.8 Å². The fourth-order valence-corrected chi connectivity index (χ4v) is 3.75. The molecule has 2 atom stereocenters.